The van der Waals surface area contributed by atoms with E-state index in [-0.39, 0.29) is 5.92 Å². The summed E-state index contributed by atoms with van der Waals surface area (Å²) in [4.78, 5) is 3.32. The van der Waals surface area contributed by atoms with Crippen molar-refractivity contribution in [1.29, 1.82) is 0 Å². The molecular formula is C12H11N3O. The molecule has 80 valence electrons. The highest BCUT2D eigenvalue weighted by atomic mass is 16.3. The van der Waals surface area contributed by atoms with Gasteiger partial charge in [-0.25, -0.2) is 5.43 Å². The second kappa shape index (κ2) is 2.59. The van der Waals surface area contributed by atoms with Crippen LogP contribution in [0.1, 0.15) is 17.3 Å². The minimum absolute atomic E-state index is 0.215. The SMILES string of the molecule is OC1=C2NNCC2c2[nH]c1c1ccccc21. The van der Waals surface area contributed by atoms with Gasteiger partial charge >= 0.3 is 0 Å². The second-order valence-corrected chi connectivity index (χ2v) is 4.28. The smallest absolute Gasteiger partial charge is 0.160 e. The lowest BCUT2D eigenvalue weighted by molar-refractivity contribution is 0.493. The molecule has 4 nitrogen and oxygen atoms in total. The summed E-state index contributed by atoms with van der Waals surface area (Å²) in [6.07, 6.45) is 0. The summed E-state index contributed by atoms with van der Waals surface area (Å²) in [6, 6.07) is 8.16. The molecule has 0 saturated carbocycles. The van der Waals surface area contributed by atoms with Crippen molar-refractivity contribution >= 4 is 16.5 Å². The van der Waals surface area contributed by atoms with Crippen molar-refractivity contribution in [3.8, 4) is 0 Å². The average Bonchev–Trinajstić information content (AvgIpc) is 2.91. The van der Waals surface area contributed by atoms with Crippen LogP contribution in [0, 0.1) is 0 Å². The summed E-state index contributed by atoms with van der Waals surface area (Å²) in [5.41, 5.74) is 9.02. The van der Waals surface area contributed by atoms with Crippen LogP contribution in [0.4, 0.5) is 0 Å². The predicted molar refractivity (Wildman–Crippen MR) is 61.7 cm³/mol. The van der Waals surface area contributed by atoms with Gasteiger partial charge in [-0.2, -0.15) is 0 Å². The Kier molecular flexibility index (Phi) is 1.34. The number of aliphatic hydroxyl groups is 1. The van der Waals surface area contributed by atoms with E-state index in [1.165, 1.54) is 11.1 Å². The molecule has 0 radical (unpaired) electrons. The van der Waals surface area contributed by atoms with Gasteiger partial charge in [-0.1, -0.05) is 24.3 Å². The van der Waals surface area contributed by atoms with Crippen molar-refractivity contribution in [1.82, 2.24) is 15.8 Å². The van der Waals surface area contributed by atoms with Crippen LogP contribution in [0.15, 0.2) is 30.0 Å². The third kappa shape index (κ3) is 0.796. The maximum absolute atomic E-state index is 10.2. The Morgan fingerprint density at radius 1 is 1.19 bits per heavy atom. The Bertz CT molecular complexity index is 626. The Labute approximate surface area is 91.9 Å². The van der Waals surface area contributed by atoms with Gasteiger partial charge in [-0.3, -0.25) is 0 Å². The van der Waals surface area contributed by atoms with Crippen LogP contribution in [-0.2, 0) is 0 Å². The summed E-state index contributed by atoms with van der Waals surface area (Å²) >= 11 is 0. The van der Waals surface area contributed by atoms with Gasteiger partial charge in [-0.05, 0) is 0 Å². The highest BCUT2D eigenvalue weighted by Crippen LogP contribution is 2.41. The first kappa shape index (κ1) is 8.24. The molecule has 4 heteroatoms. The van der Waals surface area contributed by atoms with Gasteiger partial charge in [-0.15, -0.1) is 0 Å². The molecule has 3 heterocycles. The largest absolute Gasteiger partial charge is 0.504 e. The lowest BCUT2D eigenvalue weighted by atomic mass is 10.00. The van der Waals surface area contributed by atoms with Gasteiger partial charge in [0.25, 0.3) is 0 Å². The van der Waals surface area contributed by atoms with Crippen molar-refractivity contribution < 1.29 is 5.11 Å². The number of aromatic amines is 1. The molecule has 2 aromatic rings. The van der Waals surface area contributed by atoms with E-state index in [9.17, 15) is 5.11 Å². The Morgan fingerprint density at radius 2 is 2.00 bits per heavy atom. The number of hydrogen-bond acceptors (Lipinski definition) is 3. The lowest BCUT2D eigenvalue weighted by Crippen LogP contribution is -2.21. The average molecular weight is 213 g/mol. The summed E-state index contributed by atoms with van der Waals surface area (Å²) in [5.74, 6) is 0.552. The summed E-state index contributed by atoms with van der Waals surface area (Å²) in [5, 5.41) is 12.5. The Hall–Kier alpha value is -1.94. The molecule has 1 unspecified atom stereocenters. The molecule has 0 spiro atoms. The molecule has 1 fully saturated rings. The quantitative estimate of drug-likeness (QED) is 0.537. The van der Waals surface area contributed by atoms with Crippen LogP contribution in [0.25, 0.3) is 16.5 Å². The van der Waals surface area contributed by atoms with Gasteiger partial charge in [0.1, 0.15) is 0 Å². The summed E-state index contributed by atoms with van der Waals surface area (Å²) in [6.45, 7) is 0.809. The fourth-order valence-corrected chi connectivity index (χ4v) is 2.71. The number of hydrogen-bond donors (Lipinski definition) is 4. The van der Waals surface area contributed by atoms with Crippen molar-refractivity contribution in [2.75, 3.05) is 6.54 Å². The van der Waals surface area contributed by atoms with E-state index in [0.717, 1.165) is 23.3 Å². The fourth-order valence-electron chi connectivity index (χ4n) is 2.71. The van der Waals surface area contributed by atoms with Crippen LogP contribution >= 0.6 is 0 Å². The van der Waals surface area contributed by atoms with Gasteiger partial charge in [0, 0.05) is 23.0 Å². The van der Waals surface area contributed by atoms with E-state index in [1.54, 1.807) is 0 Å². The molecule has 2 bridgehead atoms. The number of fused-ring (bicyclic) bond motifs is 7. The number of nitrogens with one attached hydrogen (secondary N) is 3. The van der Waals surface area contributed by atoms with Crippen LogP contribution in [0.5, 0.6) is 0 Å². The monoisotopic (exact) mass is 213 g/mol. The third-order valence-electron chi connectivity index (χ3n) is 3.46. The molecular weight excluding hydrogens is 202 g/mol. The molecule has 0 amide bonds. The first-order valence-electron chi connectivity index (χ1n) is 5.39. The molecule has 2 aliphatic heterocycles. The number of aromatic nitrogens is 1. The summed E-state index contributed by atoms with van der Waals surface area (Å²) in [7, 11) is 0. The number of rotatable bonds is 0. The summed E-state index contributed by atoms with van der Waals surface area (Å²) < 4.78 is 0. The zero-order chi connectivity index (χ0) is 10.7. The highest BCUT2D eigenvalue weighted by Gasteiger charge is 2.34. The van der Waals surface area contributed by atoms with Gasteiger partial charge in [0.2, 0.25) is 0 Å². The molecule has 0 aliphatic carbocycles. The maximum atomic E-state index is 10.2. The predicted octanol–water partition coefficient (Wildman–Crippen LogP) is 1.60. The van der Waals surface area contributed by atoms with E-state index < -0.39 is 0 Å². The topological polar surface area (TPSA) is 60.1 Å². The van der Waals surface area contributed by atoms with Crippen LogP contribution in [0.3, 0.4) is 0 Å². The first-order valence-corrected chi connectivity index (χ1v) is 5.39. The molecule has 1 atom stereocenters. The zero-order valence-corrected chi connectivity index (χ0v) is 8.54. The van der Waals surface area contributed by atoms with Crippen LogP contribution in [-0.4, -0.2) is 16.6 Å². The van der Waals surface area contributed by atoms with E-state index in [2.05, 4.69) is 21.9 Å². The zero-order valence-electron chi connectivity index (χ0n) is 8.54. The fraction of sp³-hybridized carbons (Fsp3) is 0.167. The van der Waals surface area contributed by atoms with Crippen LogP contribution < -0.4 is 10.9 Å². The van der Waals surface area contributed by atoms with Crippen molar-refractivity contribution in [2.45, 2.75) is 5.92 Å². The van der Waals surface area contributed by atoms with E-state index in [1.807, 2.05) is 18.2 Å². The second-order valence-electron chi connectivity index (χ2n) is 4.28. The minimum atomic E-state index is 0.215. The van der Waals surface area contributed by atoms with Gasteiger partial charge in [0.05, 0.1) is 17.3 Å². The normalized spacial score (nSPS) is 22.4. The van der Waals surface area contributed by atoms with Crippen molar-refractivity contribution in [3.63, 3.8) is 0 Å². The third-order valence-corrected chi connectivity index (χ3v) is 3.46. The standard InChI is InChI=1S/C12H11N3O/c16-12-10-7-4-2-1-3-6(7)9(14-10)8-5-13-15-11(8)12/h1-4,8,13-16H,5H2. The minimum Gasteiger partial charge on any atom is -0.504 e. The molecule has 1 aromatic heterocycles. The van der Waals surface area contributed by atoms with Crippen molar-refractivity contribution in [3.05, 3.63) is 41.4 Å². The van der Waals surface area contributed by atoms with Gasteiger partial charge < -0.3 is 15.5 Å². The molecule has 1 saturated heterocycles. The Balaban J connectivity index is 2.15. The number of aliphatic hydroxyl groups excluding tert-OH is 1. The number of benzene rings is 1. The van der Waals surface area contributed by atoms with E-state index >= 15 is 0 Å². The number of H-pyrrole nitrogens is 1. The molecule has 4 rings (SSSR count). The molecule has 1 aromatic carbocycles. The van der Waals surface area contributed by atoms with E-state index in [0.29, 0.717) is 5.76 Å². The lowest BCUT2D eigenvalue weighted by Gasteiger charge is -2.14. The maximum Gasteiger partial charge on any atom is 0.160 e. The molecule has 4 N–H and O–H groups in total. The molecule has 16 heavy (non-hydrogen) atoms. The molecule has 2 aliphatic rings. The first-order chi connectivity index (χ1) is 7.86. The highest BCUT2D eigenvalue weighted by molar-refractivity contribution is 5.97. The van der Waals surface area contributed by atoms with Crippen LogP contribution in [0.2, 0.25) is 0 Å². The van der Waals surface area contributed by atoms with E-state index in [4.69, 9.17) is 0 Å². The van der Waals surface area contributed by atoms with Gasteiger partial charge in [0.15, 0.2) is 5.76 Å². The number of hydrazine groups is 1. The Morgan fingerprint density at radius 3 is 2.88 bits per heavy atom. The van der Waals surface area contributed by atoms with Crippen molar-refractivity contribution in [2.24, 2.45) is 0 Å².